The first-order chi connectivity index (χ1) is 10.7. The van der Waals surface area contributed by atoms with Crippen molar-refractivity contribution in [1.82, 2.24) is 15.1 Å². The Bertz CT molecular complexity index is 639. The van der Waals surface area contributed by atoms with Gasteiger partial charge < -0.3 is 9.47 Å². The van der Waals surface area contributed by atoms with Crippen molar-refractivity contribution >= 4 is 0 Å². The number of hydrogen-bond donors (Lipinski definition) is 1. The smallest absolute Gasteiger partial charge is 0.127 e. The summed E-state index contributed by atoms with van der Waals surface area (Å²) in [6.45, 7) is 5.17. The summed E-state index contributed by atoms with van der Waals surface area (Å²) in [5, 5.41) is 7.30. The molecule has 1 fully saturated rings. The van der Waals surface area contributed by atoms with Gasteiger partial charge in [-0.3, -0.25) is 10.00 Å². The van der Waals surface area contributed by atoms with E-state index in [2.05, 4.69) is 28.1 Å². The lowest BCUT2D eigenvalue weighted by molar-refractivity contribution is 0.315. The van der Waals surface area contributed by atoms with Crippen LogP contribution in [0.5, 0.6) is 11.5 Å². The van der Waals surface area contributed by atoms with Crippen LogP contribution in [-0.4, -0.2) is 42.4 Å². The lowest BCUT2D eigenvalue weighted by atomic mass is 10.0. The molecule has 1 saturated heterocycles. The van der Waals surface area contributed by atoms with Crippen molar-refractivity contribution in [1.29, 1.82) is 0 Å². The zero-order chi connectivity index (χ0) is 15.5. The van der Waals surface area contributed by atoms with Gasteiger partial charge in [0.25, 0.3) is 0 Å². The van der Waals surface area contributed by atoms with E-state index in [9.17, 15) is 0 Å². The molecule has 0 saturated carbocycles. The van der Waals surface area contributed by atoms with Crippen LogP contribution < -0.4 is 9.47 Å². The highest BCUT2D eigenvalue weighted by molar-refractivity contribution is 5.40. The van der Waals surface area contributed by atoms with Gasteiger partial charge in [0, 0.05) is 36.3 Å². The van der Waals surface area contributed by atoms with Crippen LogP contribution in [0.25, 0.3) is 0 Å². The van der Waals surface area contributed by atoms with Gasteiger partial charge >= 0.3 is 0 Å². The van der Waals surface area contributed by atoms with Crippen LogP contribution in [0.2, 0.25) is 0 Å². The summed E-state index contributed by atoms with van der Waals surface area (Å²) < 4.78 is 10.7. The molecule has 0 bridgehead atoms. The SMILES string of the molecule is COc1ccc(CN2CC[C@H](c3[nH]ncc3C)C2)c(OC)c1. The lowest BCUT2D eigenvalue weighted by Gasteiger charge is -2.18. The third-order valence-electron chi connectivity index (χ3n) is 4.44. The van der Waals surface area contributed by atoms with Crippen LogP contribution in [0, 0.1) is 6.92 Å². The van der Waals surface area contributed by atoms with Gasteiger partial charge in [-0.05, 0) is 31.5 Å². The normalized spacial score (nSPS) is 18.6. The molecule has 5 nitrogen and oxygen atoms in total. The van der Waals surface area contributed by atoms with Crippen LogP contribution >= 0.6 is 0 Å². The van der Waals surface area contributed by atoms with Gasteiger partial charge in [-0.1, -0.05) is 6.07 Å². The molecule has 1 N–H and O–H groups in total. The molecule has 0 unspecified atom stereocenters. The van der Waals surface area contributed by atoms with Gasteiger partial charge in [0.2, 0.25) is 0 Å². The second kappa shape index (κ2) is 6.40. The Balaban J connectivity index is 1.69. The molecule has 2 heterocycles. The minimum atomic E-state index is 0.548. The van der Waals surface area contributed by atoms with E-state index in [1.807, 2.05) is 18.3 Å². The van der Waals surface area contributed by atoms with Gasteiger partial charge in [0.1, 0.15) is 11.5 Å². The zero-order valence-corrected chi connectivity index (χ0v) is 13.4. The topological polar surface area (TPSA) is 50.4 Å². The molecule has 0 radical (unpaired) electrons. The van der Waals surface area contributed by atoms with E-state index in [1.54, 1.807) is 14.2 Å². The van der Waals surface area contributed by atoms with E-state index in [1.165, 1.54) is 23.2 Å². The van der Waals surface area contributed by atoms with Crippen molar-refractivity contribution in [2.24, 2.45) is 0 Å². The number of H-pyrrole nitrogens is 1. The molecule has 1 aliphatic rings. The minimum absolute atomic E-state index is 0.548. The van der Waals surface area contributed by atoms with Gasteiger partial charge in [-0.2, -0.15) is 5.10 Å². The molecule has 22 heavy (non-hydrogen) atoms. The molecular weight excluding hydrogens is 278 g/mol. The molecule has 5 heteroatoms. The first-order valence-corrected chi connectivity index (χ1v) is 7.64. The summed E-state index contributed by atoms with van der Waals surface area (Å²) in [6, 6.07) is 6.03. The summed E-state index contributed by atoms with van der Waals surface area (Å²) in [4.78, 5) is 2.47. The average molecular weight is 301 g/mol. The second-order valence-electron chi connectivity index (χ2n) is 5.87. The predicted molar refractivity (Wildman–Crippen MR) is 85.5 cm³/mol. The maximum Gasteiger partial charge on any atom is 0.127 e. The number of hydrogen-bond acceptors (Lipinski definition) is 4. The molecule has 0 spiro atoms. The molecule has 118 valence electrons. The molecule has 2 aromatic rings. The Labute approximate surface area is 131 Å². The standard InChI is InChI=1S/C17H23N3O2/c1-12-9-18-19-17(12)14-6-7-20(11-14)10-13-4-5-15(21-2)8-16(13)22-3/h4-5,8-9,14H,6-7,10-11H2,1-3H3,(H,18,19)/t14-/m0/s1. The second-order valence-corrected chi connectivity index (χ2v) is 5.87. The van der Waals surface area contributed by atoms with E-state index in [0.29, 0.717) is 5.92 Å². The lowest BCUT2D eigenvalue weighted by Crippen LogP contribution is -2.20. The number of likely N-dealkylation sites (tertiary alicyclic amines) is 1. The van der Waals surface area contributed by atoms with Crippen molar-refractivity contribution in [3.8, 4) is 11.5 Å². The fraction of sp³-hybridized carbons (Fsp3) is 0.471. The van der Waals surface area contributed by atoms with Crippen molar-refractivity contribution in [3.63, 3.8) is 0 Å². The number of methoxy groups -OCH3 is 2. The van der Waals surface area contributed by atoms with Crippen molar-refractivity contribution < 1.29 is 9.47 Å². The van der Waals surface area contributed by atoms with Gasteiger partial charge in [0.15, 0.2) is 0 Å². The van der Waals surface area contributed by atoms with E-state index in [-0.39, 0.29) is 0 Å². The highest BCUT2D eigenvalue weighted by atomic mass is 16.5. The number of nitrogens with zero attached hydrogens (tertiary/aromatic N) is 2. The first-order valence-electron chi connectivity index (χ1n) is 7.64. The molecule has 0 aliphatic carbocycles. The van der Waals surface area contributed by atoms with Crippen LogP contribution in [0.3, 0.4) is 0 Å². The zero-order valence-electron chi connectivity index (χ0n) is 13.4. The molecule has 3 rings (SSSR count). The number of aromatic nitrogens is 2. The van der Waals surface area contributed by atoms with E-state index in [0.717, 1.165) is 31.1 Å². The van der Waals surface area contributed by atoms with E-state index >= 15 is 0 Å². The Morgan fingerprint density at radius 3 is 2.86 bits per heavy atom. The van der Waals surface area contributed by atoms with Crippen LogP contribution in [0.15, 0.2) is 24.4 Å². The van der Waals surface area contributed by atoms with Gasteiger partial charge in [-0.25, -0.2) is 0 Å². The number of aryl methyl sites for hydroxylation is 1. The fourth-order valence-electron chi connectivity index (χ4n) is 3.20. The molecule has 0 amide bonds. The Kier molecular flexibility index (Phi) is 4.34. The first kappa shape index (κ1) is 14.9. The van der Waals surface area contributed by atoms with E-state index in [4.69, 9.17) is 9.47 Å². The number of aromatic amines is 1. The Hall–Kier alpha value is -2.01. The highest BCUT2D eigenvalue weighted by Crippen LogP contribution is 2.31. The monoisotopic (exact) mass is 301 g/mol. The molecule has 1 aliphatic heterocycles. The summed E-state index contributed by atoms with van der Waals surface area (Å²) in [5.41, 5.74) is 3.74. The van der Waals surface area contributed by atoms with E-state index < -0.39 is 0 Å². The van der Waals surface area contributed by atoms with Gasteiger partial charge in [0.05, 0.1) is 20.4 Å². The Morgan fingerprint density at radius 1 is 1.32 bits per heavy atom. The number of rotatable bonds is 5. The molecule has 1 aromatic carbocycles. The maximum atomic E-state index is 5.49. The number of ether oxygens (including phenoxy) is 2. The average Bonchev–Trinajstić information content (AvgIpc) is 3.16. The van der Waals surface area contributed by atoms with Crippen LogP contribution in [0.4, 0.5) is 0 Å². The predicted octanol–water partition coefficient (Wildman–Crippen LogP) is 2.72. The maximum absolute atomic E-state index is 5.49. The van der Waals surface area contributed by atoms with Crippen LogP contribution in [-0.2, 0) is 6.54 Å². The van der Waals surface area contributed by atoms with Crippen LogP contribution in [0.1, 0.15) is 29.2 Å². The fourth-order valence-corrected chi connectivity index (χ4v) is 3.20. The molecule has 1 atom stereocenters. The summed E-state index contributed by atoms with van der Waals surface area (Å²) in [6.07, 6.45) is 3.08. The largest absolute Gasteiger partial charge is 0.497 e. The summed E-state index contributed by atoms with van der Waals surface area (Å²) in [5.74, 6) is 2.26. The highest BCUT2D eigenvalue weighted by Gasteiger charge is 2.26. The third kappa shape index (κ3) is 2.95. The minimum Gasteiger partial charge on any atom is -0.497 e. The van der Waals surface area contributed by atoms with Gasteiger partial charge in [-0.15, -0.1) is 0 Å². The van der Waals surface area contributed by atoms with Crippen molar-refractivity contribution in [2.45, 2.75) is 25.8 Å². The third-order valence-corrected chi connectivity index (χ3v) is 4.44. The number of nitrogens with one attached hydrogen (secondary N) is 1. The summed E-state index contributed by atoms with van der Waals surface area (Å²) >= 11 is 0. The van der Waals surface area contributed by atoms with Crippen molar-refractivity contribution in [2.75, 3.05) is 27.3 Å². The Morgan fingerprint density at radius 2 is 2.18 bits per heavy atom. The van der Waals surface area contributed by atoms with Crippen molar-refractivity contribution in [3.05, 3.63) is 41.2 Å². The molecule has 1 aromatic heterocycles. The summed E-state index contributed by atoms with van der Waals surface area (Å²) in [7, 11) is 3.38. The number of benzene rings is 1. The molecular formula is C17H23N3O2. The quantitative estimate of drug-likeness (QED) is 0.922.